The van der Waals surface area contributed by atoms with Crippen LogP contribution in [-0.4, -0.2) is 21.2 Å². The Morgan fingerprint density at radius 2 is 1.91 bits per heavy atom. The number of aromatic nitrogens is 3. The summed E-state index contributed by atoms with van der Waals surface area (Å²) in [5.74, 6) is 1.34. The van der Waals surface area contributed by atoms with Gasteiger partial charge in [-0.2, -0.15) is 10.1 Å². The van der Waals surface area contributed by atoms with Crippen LogP contribution in [0.2, 0.25) is 0 Å². The number of anilines is 3. The number of hydrogen-bond acceptors (Lipinski definition) is 5. The van der Waals surface area contributed by atoms with E-state index in [1.165, 1.54) is 43.2 Å². The molecular weight excluding hydrogens is 274 g/mol. The Labute approximate surface area is 131 Å². The smallest absolute Gasteiger partial charge is 0.244 e. The minimum absolute atomic E-state index is 0.478. The van der Waals surface area contributed by atoms with Crippen molar-refractivity contribution in [3.05, 3.63) is 35.5 Å². The van der Waals surface area contributed by atoms with E-state index in [1.807, 2.05) is 0 Å². The Bertz CT molecular complexity index is 635. The van der Waals surface area contributed by atoms with E-state index in [0.29, 0.717) is 12.0 Å². The second-order valence-electron chi connectivity index (χ2n) is 6.09. The highest BCUT2D eigenvalue weighted by molar-refractivity contribution is 5.61. The van der Waals surface area contributed by atoms with Crippen molar-refractivity contribution in [3.8, 4) is 0 Å². The van der Waals surface area contributed by atoms with Gasteiger partial charge in [0.25, 0.3) is 0 Å². The lowest BCUT2D eigenvalue weighted by molar-refractivity contribution is 0.460. The molecule has 0 saturated heterocycles. The first kappa shape index (κ1) is 14.8. The van der Waals surface area contributed by atoms with Gasteiger partial charge in [-0.15, -0.1) is 5.10 Å². The first-order chi connectivity index (χ1) is 10.7. The van der Waals surface area contributed by atoms with Gasteiger partial charge in [-0.1, -0.05) is 31.4 Å². The highest BCUT2D eigenvalue weighted by atomic mass is 15.3. The van der Waals surface area contributed by atoms with Gasteiger partial charge in [0.2, 0.25) is 5.95 Å². The Balaban J connectivity index is 1.71. The van der Waals surface area contributed by atoms with E-state index in [-0.39, 0.29) is 0 Å². The third-order valence-corrected chi connectivity index (χ3v) is 4.15. The number of nitrogens with zero attached hydrogens (tertiary/aromatic N) is 3. The summed E-state index contributed by atoms with van der Waals surface area (Å²) in [4.78, 5) is 4.54. The van der Waals surface area contributed by atoms with E-state index in [4.69, 9.17) is 0 Å². The van der Waals surface area contributed by atoms with Crippen molar-refractivity contribution in [2.24, 2.45) is 0 Å². The maximum absolute atomic E-state index is 4.54. The predicted octanol–water partition coefficient (Wildman–Crippen LogP) is 3.98. The molecular formula is C17H23N5. The molecule has 5 nitrogen and oxygen atoms in total. The minimum atomic E-state index is 0.478. The van der Waals surface area contributed by atoms with Crippen molar-refractivity contribution in [3.63, 3.8) is 0 Å². The number of nitrogens with one attached hydrogen (secondary N) is 2. The van der Waals surface area contributed by atoms with Crippen molar-refractivity contribution >= 4 is 17.5 Å². The van der Waals surface area contributed by atoms with Crippen molar-refractivity contribution in [1.29, 1.82) is 0 Å². The molecule has 116 valence electrons. The summed E-state index contributed by atoms with van der Waals surface area (Å²) in [7, 11) is 0. The maximum Gasteiger partial charge on any atom is 0.244 e. The monoisotopic (exact) mass is 297 g/mol. The molecule has 1 heterocycles. The summed E-state index contributed by atoms with van der Waals surface area (Å²) in [6.07, 6.45) is 7.95. The fourth-order valence-corrected chi connectivity index (χ4v) is 2.86. The molecule has 1 fully saturated rings. The zero-order chi connectivity index (χ0) is 15.4. The molecule has 0 atom stereocenters. The molecule has 3 rings (SSSR count). The SMILES string of the molecule is Cc1ccc(C)c(Nc2cnnc(NC3CCCCC3)n2)c1. The zero-order valence-electron chi connectivity index (χ0n) is 13.3. The highest BCUT2D eigenvalue weighted by Crippen LogP contribution is 2.22. The van der Waals surface area contributed by atoms with Gasteiger partial charge in [0.15, 0.2) is 5.82 Å². The Hall–Kier alpha value is -2.17. The predicted molar refractivity (Wildman–Crippen MR) is 89.5 cm³/mol. The second-order valence-corrected chi connectivity index (χ2v) is 6.09. The van der Waals surface area contributed by atoms with Crippen LogP contribution in [0.4, 0.5) is 17.5 Å². The lowest BCUT2D eigenvalue weighted by atomic mass is 9.96. The summed E-state index contributed by atoms with van der Waals surface area (Å²) in [6.45, 7) is 4.16. The van der Waals surface area contributed by atoms with Crippen molar-refractivity contribution in [2.75, 3.05) is 10.6 Å². The molecule has 0 radical (unpaired) electrons. The Morgan fingerprint density at radius 3 is 2.73 bits per heavy atom. The van der Waals surface area contributed by atoms with E-state index >= 15 is 0 Å². The molecule has 5 heteroatoms. The first-order valence-corrected chi connectivity index (χ1v) is 8.01. The van der Waals surface area contributed by atoms with Crippen LogP contribution in [0, 0.1) is 13.8 Å². The maximum atomic E-state index is 4.54. The molecule has 22 heavy (non-hydrogen) atoms. The topological polar surface area (TPSA) is 62.7 Å². The van der Waals surface area contributed by atoms with Crippen molar-refractivity contribution < 1.29 is 0 Å². The molecule has 0 bridgehead atoms. The van der Waals surface area contributed by atoms with Crippen LogP contribution in [0.3, 0.4) is 0 Å². The average Bonchev–Trinajstić information content (AvgIpc) is 2.52. The Morgan fingerprint density at radius 1 is 1.09 bits per heavy atom. The van der Waals surface area contributed by atoms with Gasteiger partial charge in [0.1, 0.15) is 0 Å². The number of aryl methyl sites for hydroxylation is 2. The fraction of sp³-hybridized carbons (Fsp3) is 0.471. The lowest BCUT2D eigenvalue weighted by Gasteiger charge is -2.22. The Kier molecular flexibility index (Phi) is 4.51. The summed E-state index contributed by atoms with van der Waals surface area (Å²) < 4.78 is 0. The van der Waals surface area contributed by atoms with Crippen LogP contribution < -0.4 is 10.6 Å². The van der Waals surface area contributed by atoms with Gasteiger partial charge >= 0.3 is 0 Å². The molecule has 2 N–H and O–H groups in total. The molecule has 0 unspecified atom stereocenters. The molecule has 1 aromatic heterocycles. The van der Waals surface area contributed by atoms with E-state index < -0.39 is 0 Å². The van der Waals surface area contributed by atoms with Crippen LogP contribution in [0.1, 0.15) is 43.2 Å². The van der Waals surface area contributed by atoms with Crippen LogP contribution in [0.25, 0.3) is 0 Å². The lowest BCUT2D eigenvalue weighted by Crippen LogP contribution is -2.23. The fourth-order valence-electron chi connectivity index (χ4n) is 2.86. The standard InChI is InChI=1S/C17H23N5/c1-12-8-9-13(2)15(10-12)20-16-11-18-22-17(21-16)19-14-6-4-3-5-7-14/h8-11,14H,3-7H2,1-2H3,(H2,19,20,21,22). The van der Waals surface area contributed by atoms with Gasteiger partial charge in [0.05, 0.1) is 6.20 Å². The van der Waals surface area contributed by atoms with E-state index in [9.17, 15) is 0 Å². The number of hydrogen-bond donors (Lipinski definition) is 2. The summed E-state index contributed by atoms with van der Waals surface area (Å²) in [6, 6.07) is 6.81. The van der Waals surface area contributed by atoms with Crippen molar-refractivity contribution in [2.45, 2.75) is 52.0 Å². The van der Waals surface area contributed by atoms with Gasteiger partial charge in [0, 0.05) is 11.7 Å². The summed E-state index contributed by atoms with van der Waals surface area (Å²) >= 11 is 0. The molecule has 0 aliphatic heterocycles. The van der Waals surface area contributed by atoms with Gasteiger partial charge in [-0.05, 0) is 43.9 Å². The summed E-state index contributed by atoms with van der Waals surface area (Å²) in [5.41, 5.74) is 3.46. The summed E-state index contributed by atoms with van der Waals surface area (Å²) in [5, 5.41) is 14.9. The third-order valence-electron chi connectivity index (χ3n) is 4.15. The van der Waals surface area contributed by atoms with E-state index in [0.717, 1.165) is 11.5 Å². The normalized spacial score (nSPS) is 15.5. The number of rotatable bonds is 4. The quantitative estimate of drug-likeness (QED) is 0.894. The van der Waals surface area contributed by atoms with Crippen LogP contribution >= 0.6 is 0 Å². The molecule has 1 aliphatic rings. The van der Waals surface area contributed by atoms with Gasteiger partial charge in [-0.25, -0.2) is 0 Å². The van der Waals surface area contributed by atoms with Crippen LogP contribution in [0.15, 0.2) is 24.4 Å². The molecule has 0 amide bonds. The van der Waals surface area contributed by atoms with Gasteiger partial charge < -0.3 is 10.6 Å². The largest absolute Gasteiger partial charge is 0.350 e. The molecule has 1 aromatic carbocycles. The van der Waals surface area contributed by atoms with E-state index in [2.05, 4.69) is 57.9 Å². The van der Waals surface area contributed by atoms with Gasteiger partial charge in [-0.3, -0.25) is 0 Å². The second kappa shape index (κ2) is 6.73. The van der Waals surface area contributed by atoms with Crippen LogP contribution in [0.5, 0.6) is 0 Å². The first-order valence-electron chi connectivity index (χ1n) is 8.01. The molecule has 0 spiro atoms. The third kappa shape index (κ3) is 3.72. The highest BCUT2D eigenvalue weighted by Gasteiger charge is 2.14. The van der Waals surface area contributed by atoms with Crippen molar-refractivity contribution in [1.82, 2.24) is 15.2 Å². The zero-order valence-corrected chi connectivity index (χ0v) is 13.3. The molecule has 1 saturated carbocycles. The molecule has 2 aromatic rings. The molecule has 1 aliphatic carbocycles. The number of benzene rings is 1. The van der Waals surface area contributed by atoms with Crippen LogP contribution in [-0.2, 0) is 0 Å². The average molecular weight is 297 g/mol. The minimum Gasteiger partial charge on any atom is -0.350 e. The van der Waals surface area contributed by atoms with E-state index in [1.54, 1.807) is 6.20 Å².